The molecule has 0 fully saturated rings. The van der Waals surface area contributed by atoms with Crippen LogP contribution in [0.1, 0.15) is 31.7 Å². The fourth-order valence-corrected chi connectivity index (χ4v) is 2.00. The summed E-state index contributed by atoms with van der Waals surface area (Å²) in [7, 11) is 0. The van der Waals surface area contributed by atoms with E-state index in [1.54, 1.807) is 0 Å². The number of nitrogens with one attached hydrogen (secondary N) is 1. The summed E-state index contributed by atoms with van der Waals surface area (Å²) < 4.78 is 10.8. The van der Waals surface area contributed by atoms with E-state index in [1.165, 1.54) is 12.5 Å². The molecule has 1 N–H and O–H groups in total. The van der Waals surface area contributed by atoms with Crippen molar-refractivity contribution in [3.8, 4) is 11.5 Å². The van der Waals surface area contributed by atoms with Crippen molar-refractivity contribution in [2.45, 2.75) is 32.6 Å². The van der Waals surface area contributed by atoms with E-state index in [0.29, 0.717) is 13.0 Å². The number of para-hydroxylation sites is 1. The van der Waals surface area contributed by atoms with Gasteiger partial charge in [0.2, 0.25) is 5.91 Å². The summed E-state index contributed by atoms with van der Waals surface area (Å²) in [5.74, 6) is 1.65. The van der Waals surface area contributed by atoms with Crippen LogP contribution in [0, 0.1) is 0 Å². The minimum Gasteiger partial charge on any atom is -0.458 e. The Bertz CT molecular complexity index is 468. The van der Waals surface area contributed by atoms with Crippen molar-refractivity contribution in [3.63, 3.8) is 0 Å². The summed E-state index contributed by atoms with van der Waals surface area (Å²) in [6, 6.07) is 5.85. The van der Waals surface area contributed by atoms with E-state index in [9.17, 15) is 4.79 Å². The van der Waals surface area contributed by atoms with E-state index in [0.717, 1.165) is 36.3 Å². The molecule has 0 radical (unpaired) electrons. The molecule has 1 amide bonds. The van der Waals surface area contributed by atoms with Gasteiger partial charge in [0.15, 0.2) is 11.5 Å². The molecule has 1 aliphatic heterocycles. The number of aryl methyl sites for hydroxylation is 1. The first-order chi connectivity index (χ1) is 9.31. The number of fused-ring (bicyclic) bond motifs is 1. The van der Waals surface area contributed by atoms with Gasteiger partial charge in [0.05, 0.1) is 0 Å². The van der Waals surface area contributed by atoms with Crippen LogP contribution in [-0.2, 0) is 11.2 Å². The van der Waals surface area contributed by atoms with E-state index in [-0.39, 0.29) is 5.91 Å². The van der Waals surface area contributed by atoms with E-state index in [2.05, 4.69) is 5.32 Å². The maximum Gasteiger partial charge on any atom is 0.219 e. The molecule has 0 aromatic heterocycles. The smallest absolute Gasteiger partial charge is 0.219 e. The van der Waals surface area contributed by atoms with Gasteiger partial charge in [0, 0.05) is 13.0 Å². The Balaban J connectivity index is 1.82. The highest BCUT2D eigenvalue weighted by atomic mass is 16.5. The van der Waals surface area contributed by atoms with Crippen molar-refractivity contribution >= 4 is 5.91 Å². The Morgan fingerprint density at radius 2 is 2.11 bits per heavy atom. The Kier molecular flexibility index (Phi) is 4.84. The average Bonchev–Trinajstić information content (AvgIpc) is 2.44. The second-order valence-corrected chi connectivity index (χ2v) is 4.46. The second kappa shape index (κ2) is 6.83. The second-order valence-electron chi connectivity index (χ2n) is 4.46. The summed E-state index contributed by atoms with van der Waals surface area (Å²) in [4.78, 5) is 11.3. The van der Waals surface area contributed by atoms with Gasteiger partial charge in [0.1, 0.15) is 12.5 Å². The first kappa shape index (κ1) is 13.5. The van der Waals surface area contributed by atoms with E-state index in [1.807, 2.05) is 25.1 Å². The molecule has 4 nitrogen and oxygen atoms in total. The number of benzene rings is 1. The monoisotopic (exact) mass is 261 g/mol. The molecule has 1 aromatic carbocycles. The third-order valence-electron chi connectivity index (χ3n) is 2.92. The number of amides is 1. The summed E-state index contributed by atoms with van der Waals surface area (Å²) in [6.07, 6.45) is 6.29. The van der Waals surface area contributed by atoms with Gasteiger partial charge >= 0.3 is 0 Å². The van der Waals surface area contributed by atoms with Crippen LogP contribution in [0.2, 0.25) is 0 Å². The predicted molar refractivity (Wildman–Crippen MR) is 73.1 cm³/mol. The van der Waals surface area contributed by atoms with Crippen molar-refractivity contribution < 1.29 is 14.3 Å². The lowest BCUT2D eigenvalue weighted by Gasteiger charge is -2.15. The SMILES string of the molecule is CCCC(=O)NCCCc1cccc2c1OC=CO2. The molecule has 4 heteroatoms. The summed E-state index contributed by atoms with van der Waals surface area (Å²) >= 11 is 0. The zero-order chi connectivity index (χ0) is 13.5. The zero-order valence-electron chi connectivity index (χ0n) is 11.1. The van der Waals surface area contributed by atoms with Crippen molar-refractivity contribution in [1.29, 1.82) is 0 Å². The first-order valence-corrected chi connectivity index (χ1v) is 6.68. The molecule has 102 valence electrons. The van der Waals surface area contributed by atoms with Crippen LogP contribution in [-0.4, -0.2) is 12.5 Å². The number of carbonyl (C=O) groups is 1. The molecule has 19 heavy (non-hydrogen) atoms. The van der Waals surface area contributed by atoms with Gasteiger partial charge in [-0.3, -0.25) is 4.79 Å². The maximum absolute atomic E-state index is 11.3. The quantitative estimate of drug-likeness (QED) is 0.801. The molecule has 1 aliphatic rings. The van der Waals surface area contributed by atoms with Crippen LogP contribution >= 0.6 is 0 Å². The lowest BCUT2D eigenvalue weighted by Crippen LogP contribution is -2.24. The zero-order valence-corrected chi connectivity index (χ0v) is 11.1. The lowest BCUT2D eigenvalue weighted by molar-refractivity contribution is -0.121. The van der Waals surface area contributed by atoms with Gasteiger partial charge in [-0.2, -0.15) is 0 Å². The predicted octanol–water partition coefficient (Wildman–Crippen LogP) is 2.78. The average molecular weight is 261 g/mol. The molecule has 0 aliphatic carbocycles. The molecule has 0 atom stereocenters. The lowest BCUT2D eigenvalue weighted by atomic mass is 10.1. The van der Waals surface area contributed by atoms with Crippen molar-refractivity contribution in [2.75, 3.05) is 6.54 Å². The van der Waals surface area contributed by atoms with Crippen LogP contribution in [0.4, 0.5) is 0 Å². The van der Waals surface area contributed by atoms with E-state index >= 15 is 0 Å². The van der Waals surface area contributed by atoms with Crippen molar-refractivity contribution in [3.05, 3.63) is 36.3 Å². The largest absolute Gasteiger partial charge is 0.458 e. The van der Waals surface area contributed by atoms with E-state index in [4.69, 9.17) is 9.47 Å². The Morgan fingerprint density at radius 3 is 2.95 bits per heavy atom. The van der Waals surface area contributed by atoms with Crippen LogP contribution in [0.3, 0.4) is 0 Å². The van der Waals surface area contributed by atoms with Crippen molar-refractivity contribution in [2.24, 2.45) is 0 Å². The Hall–Kier alpha value is -1.97. The van der Waals surface area contributed by atoms with Gasteiger partial charge in [-0.05, 0) is 30.9 Å². The molecule has 1 heterocycles. The number of rotatable bonds is 6. The van der Waals surface area contributed by atoms with Gasteiger partial charge in [0.25, 0.3) is 0 Å². The molecular formula is C15H19NO3. The number of ether oxygens (including phenoxy) is 2. The molecule has 0 spiro atoms. The Labute approximate surface area is 113 Å². The van der Waals surface area contributed by atoms with Gasteiger partial charge in [-0.1, -0.05) is 19.1 Å². The summed E-state index contributed by atoms with van der Waals surface area (Å²) in [5, 5.41) is 2.91. The van der Waals surface area contributed by atoms with Crippen LogP contribution in [0.25, 0.3) is 0 Å². The maximum atomic E-state index is 11.3. The third-order valence-corrected chi connectivity index (χ3v) is 2.92. The standard InChI is InChI=1S/C15H19NO3/c1-2-5-14(17)16-9-4-7-12-6-3-8-13-15(12)19-11-10-18-13/h3,6,8,10-11H,2,4-5,7,9H2,1H3,(H,16,17). The Morgan fingerprint density at radius 1 is 1.26 bits per heavy atom. The summed E-state index contributed by atoms with van der Waals surface area (Å²) in [5.41, 5.74) is 1.10. The molecule has 0 saturated heterocycles. The van der Waals surface area contributed by atoms with Gasteiger partial charge in [-0.15, -0.1) is 0 Å². The molecule has 1 aromatic rings. The fraction of sp³-hybridized carbons (Fsp3) is 0.400. The molecule has 0 unspecified atom stereocenters. The molecule has 0 saturated carbocycles. The minimum atomic E-state index is 0.125. The highest BCUT2D eigenvalue weighted by Gasteiger charge is 2.12. The number of carbonyl (C=O) groups excluding carboxylic acids is 1. The normalized spacial score (nSPS) is 12.3. The minimum absolute atomic E-state index is 0.125. The molecule has 2 rings (SSSR count). The highest BCUT2D eigenvalue weighted by molar-refractivity contribution is 5.75. The summed E-state index contributed by atoms with van der Waals surface area (Å²) in [6.45, 7) is 2.69. The fourth-order valence-electron chi connectivity index (χ4n) is 2.00. The van der Waals surface area contributed by atoms with Crippen LogP contribution in [0.15, 0.2) is 30.7 Å². The van der Waals surface area contributed by atoms with E-state index < -0.39 is 0 Å². The molecular weight excluding hydrogens is 242 g/mol. The topological polar surface area (TPSA) is 47.6 Å². The third kappa shape index (κ3) is 3.74. The number of hydrogen-bond donors (Lipinski definition) is 1. The number of hydrogen-bond acceptors (Lipinski definition) is 3. The molecule has 0 bridgehead atoms. The van der Waals surface area contributed by atoms with Crippen LogP contribution in [0.5, 0.6) is 11.5 Å². The first-order valence-electron chi connectivity index (χ1n) is 6.68. The van der Waals surface area contributed by atoms with Gasteiger partial charge < -0.3 is 14.8 Å². The van der Waals surface area contributed by atoms with Crippen molar-refractivity contribution in [1.82, 2.24) is 5.32 Å². The highest BCUT2D eigenvalue weighted by Crippen LogP contribution is 2.34. The van der Waals surface area contributed by atoms with Gasteiger partial charge in [-0.25, -0.2) is 0 Å². The van der Waals surface area contributed by atoms with Crippen LogP contribution < -0.4 is 14.8 Å².